The minimum atomic E-state index is -0.707. The molecule has 2 nitrogen and oxygen atoms in total. The predicted octanol–water partition coefficient (Wildman–Crippen LogP) is 4.03. The molecular weight excluding hydrogens is 304 g/mol. The lowest BCUT2D eigenvalue weighted by molar-refractivity contribution is -0.138. The van der Waals surface area contributed by atoms with Crippen molar-refractivity contribution in [2.45, 2.75) is 11.8 Å². The van der Waals surface area contributed by atoms with Gasteiger partial charge in [0.15, 0.2) is 0 Å². The van der Waals surface area contributed by atoms with Crippen LogP contribution in [0, 0.1) is 5.92 Å². The number of carboxylic acids is 1. The fourth-order valence-corrected chi connectivity index (χ4v) is 3.07. The van der Waals surface area contributed by atoms with Crippen LogP contribution in [0.15, 0.2) is 59.1 Å². The molecule has 2 aromatic rings. The van der Waals surface area contributed by atoms with E-state index in [0.29, 0.717) is 0 Å². The highest BCUT2D eigenvalue weighted by atomic mass is 79.9. The number of hydrogen-bond acceptors (Lipinski definition) is 1. The normalized spacial score (nSPS) is 25.0. The van der Waals surface area contributed by atoms with Crippen LogP contribution in [0.1, 0.15) is 23.0 Å². The van der Waals surface area contributed by atoms with Gasteiger partial charge in [-0.1, -0.05) is 58.4 Å². The Bertz CT molecular complexity index is 592. The van der Waals surface area contributed by atoms with Gasteiger partial charge in [-0.15, -0.1) is 0 Å². The molecule has 96 valence electrons. The third-order valence-electron chi connectivity index (χ3n) is 3.74. The first-order valence-corrected chi connectivity index (χ1v) is 7.01. The second kappa shape index (κ2) is 4.82. The van der Waals surface area contributed by atoms with Crippen molar-refractivity contribution in [2.24, 2.45) is 5.92 Å². The van der Waals surface area contributed by atoms with E-state index in [1.54, 1.807) is 0 Å². The zero-order valence-corrected chi connectivity index (χ0v) is 11.7. The molecular formula is C16H13BrO2. The lowest BCUT2D eigenvalue weighted by Crippen LogP contribution is -2.00. The van der Waals surface area contributed by atoms with Gasteiger partial charge < -0.3 is 5.11 Å². The van der Waals surface area contributed by atoms with E-state index in [4.69, 9.17) is 0 Å². The van der Waals surface area contributed by atoms with Gasteiger partial charge in [0.1, 0.15) is 0 Å². The van der Waals surface area contributed by atoms with Crippen LogP contribution in [0.4, 0.5) is 0 Å². The highest BCUT2D eigenvalue weighted by molar-refractivity contribution is 9.10. The number of carbonyl (C=O) groups is 1. The molecule has 0 aromatic heterocycles. The summed E-state index contributed by atoms with van der Waals surface area (Å²) in [7, 11) is 0. The Kier molecular flexibility index (Phi) is 3.15. The maximum absolute atomic E-state index is 11.4. The Hall–Kier alpha value is -1.61. The second-order valence-electron chi connectivity index (χ2n) is 4.88. The van der Waals surface area contributed by atoms with Crippen molar-refractivity contribution >= 4 is 21.9 Å². The monoisotopic (exact) mass is 316 g/mol. The van der Waals surface area contributed by atoms with Crippen LogP contribution < -0.4 is 0 Å². The predicted molar refractivity (Wildman–Crippen MR) is 77.2 cm³/mol. The molecule has 1 fully saturated rings. The smallest absolute Gasteiger partial charge is 0.307 e. The lowest BCUT2D eigenvalue weighted by Gasteiger charge is -2.01. The van der Waals surface area contributed by atoms with E-state index in [9.17, 15) is 9.90 Å². The first-order valence-electron chi connectivity index (χ1n) is 6.21. The molecule has 1 N–H and O–H groups in total. The highest BCUT2D eigenvalue weighted by Crippen LogP contribution is 2.60. The van der Waals surface area contributed by atoms with E-state index >= 15 is 0 Å². The highest BCUT2D eigenvalue weighted by Gasteiger charge is 2.56. The Morgan fingerprint density at radius 1 is 0.895 bits per heavy atom. The summed E-state index contributed by atoms with van der Waals surface area (Å²) in [5.41, 5.74) is 2.22. The molecule has 2 aromatic carbocycles. The van der Waals surface area contributed by atoms with Gasteiger partial charge in [0, 0.05) is 16.3 Å². The van der Waals surface area contributed by atoms with Crippen LogP contribution >= 0.6 is 15.9 Å². The van der Waals surface area contributed by atoms with Crippen molar-refractivity contribution in [2.75, 3.05) is 0 Å². The number of benzene rings is 2. The minimum Gasteiger partial charge on any atom is -0.481 e. The third kappa shape index (κ3) is 2.30. The Morgan fingerprint density at radius 3 is 1.95 bits per heavy atom. The summed E-state index contributed by atoms with van der Waals surface area (Å²) in [5.74, 6) is -0.821. The molecule has 1 saturated carbocycles. The van der Waals surface area contributed by atoms with Crippen LogP contribution in [0.2, 0.25) is 0 Å². The molecule has 0 saturated heterocycles. The Morgan fingerprint density at radius 2 is 1.42 bits per heavy atom. The fourth-order valence-electron chi connectivity index (χ4n) is 2.81. The molecule has 3 rings (SSSR count). The quantitative estimate of drug-likeness (QED) is 0.928. The molecule has 3 unspecified atom stereocenters. The summed E-state index contributed by atoms with van der Waals surface area (Å²) >= 11 is 3.40. The first kappa shape index (κ1) is 12.4. The van der Waals surface area contributed by atoms with Gasteiger partial charge in [-0.25, -0.2) is 0 Å². The molecule has 0 radical (unpaired) electrons. The van der Waals surface area contributed by atoms with Gasteiger partial charge in [-0.05, 0) is 23.3 Å². The summed E-state index contributed by atoms with van der Waals surface area (Å²) in [5, 5.41) is 9.36. The van der Waals surface area contributed by atoms with E-state index in [0.717, 1.165) is 15.6 Å². The number of carboxylic acid groups (broad SMARTS) is 1. The average Bonchev–Trinajstić information content (AvgIpc) is 3.16. The van der Waals surface area contributed by atoms with Crippen molar-refractivity contribution in [3.63, 3.8) is 0 Å². The first-order chi connectivity index (χ1) is 9.18. The molecule has 0 aliphatic heterocycles. The maximum Gasteiger partial charge on any atom is 0.307 e. The molecule has 0 heterocycles. The van der Waals surface area contributed by atoms with Crippen LogP contribution in [0.25, 0.3) is 0 Å². The summed E-state index contributed by atoms with van der Waals surface area (Å²) in [4.78, 5) is 11.4. The number of hydrogen-bond donors (Lipinski definition) is 1. The van der Waals surface area contributed by atoms with E-state index in [1.165, 1.54) is 0 Å². The van der Waals surface area contributed by atoms with Gasteiger partial charge in [-0.3, -0.25) is 4.79 Å². The van der Waals surface area contributed by atoms with Crippen molar-refractivity contribution in [3.8, 4) is 0 Å². The molecule has 0 bridgehead atoms. The third-order valence-corrected chi connectivity index (χ3v) is 4.27. The zero-order valence-electron chi connectivity index (χ0n) is 10.2. The van der Waals surface area contributed by atoms with Crippen molar-refractivity contribution < 1.29 is 9.90 Å². The summed E-state index contributed by atoms with van der Waals surface area (Å²) < 4.78 is 1.01. The second-order valence-corrected chi connectivity index (χ2v) is 5.79. The van der Waals surface area contributed by atoms with Gasteiger partial charge >= 0.3 is 5.97 Å². The minimum absolute atomic E-state index is 0.0907. The van der Waals surface area contributed by atoms with E-state index in [-0.39, 0.29) is 17.8 Å². The average molecular weight is 317 g/mol. The number of halogens is 1. The van der Waals surface area contributed by atoms with Crippen LogP contribution in [-0.4, -0.2) is 11.1 Å². The largest absolute Gasteiger partial charge is 0.481 e. The SMILES string of the molecule is O=C(O)C1C(c2ccccc2)C1c1ccc(Br)cc1. The summed E-state index contributed by atoms with van der Waals surface area (Å²) in [6.07, 6.45) is 0. The van der Waals surface area contributed by atoms with E-state index in [2.05, 4.69) is 15.9 Å². The van der Waals surface area contributed by atoms with Crippen molar-refractivity contribution in [1.29, 1.82) is 0 Å². The van der Waals surface area contributed by atoms with Crippen LogP contribution in [0.3, 0.4) is 0 Å². The molecule has 0 amide bonds. The van der Waals surface area contributed by atoms with Gasteiger partial charge in [0.05, 0.1) is 5.92 Å². The maximum atomic E-state index is 11.4. The van der Waals surface area contributed by atoms with Gasteiger partial charge in [0.2, 0.25) is 0 Å². The topological polar surface area (TPSA) is 37.3 Å². The molecule has 0 spiro atoms. The Labute approximate surface area is 120 Å². The summed E-state index contributed by atoms with van der Waals surface area (Å²) in [6.45, 7) is 0. The van der Waals surface area contributed by atoms with Crippen molar-refractivity contribution in [1.82, 2.24) is 0 Å². The Balaban J connectivity index is 1.93. The lowest BCUT2D eigenvalue weighted by atomic mass is 10.0. The van der Waals surface area contributed by atoms with Crippen molar-refractivity contribution in [3.05, 3.63) is 70.2 Å². The molecule has 3 atom stereocenters. The number of aliphatic carboxylic acids is 1. The summed E-state index contributed by atoms with van der Waals surface area (Å²) in [6, 6.07) is 17.9. The van der Waals surface area contributed by atoms with Crippen LogP contribution in [-0.2, 0) is 4.79 Å². The fraction of sp³-hybridized carbons (Fsp3) is 0.188. The zero-order chi connectivity index (χ0) is 13.4. The molecule has 3 heteroatoms. The molecule has 1 aliphatic carbocycles. The van der Waals surface area contributed by atoms with Crippen LogP contribution in [0.5, 0.6) is 0 Å². The van der Waals surface area contributed by atoms with Gasteiger partial charge in [-0.2, -0.15) is 0 Å². The molecule has 1 aliphatic rings. The standard InChI is InChI=1S/C16H13BrO2/c17-12-8-6-11(7-9-12)14-13(15(14)16(18)19)10-4-2-1-3-5-10/h1-9,13-15H,(H,18,19). The van der Waals surface area contributed by atoms with E-state index in [1.807, 2.05) is 54.6 Å². The van der Waals surface area contributed by atoms with E-state index < -0.39 is 5.97 Å². The van der Waals surface area contributed by atoms with Gasteiger partial charge in [0.25, 0.3) is 0 Å². The number of rotatable bonds is 3. The molecule has 19 heavy (non-hydrogen) atoms.